The average molecular weight is 238 g/mol. The zero-order chi connectivity index (χ0) is 11.4. The van der Waals surface area contributed by atoms with E-state index in [9.17, 15) is 9.18 Å². The highest BCUT2D eigenvalue weighted by Crippen LogP contribution is 2.30. The topological polar surface area (TPSA) is 17.1 Å². The van der Waals surface area contributed by atoms with Crippen LogP contribution in [0.15, 0.2) is 29.2 Å². The van der Waals surface area contributed by atoms with E-state index in [2.05, 4.69) is 0 Å². The van der Waals surface area contributed by atoms with Gasteiger partial charge in [0.1, 0.15) is 11.6 Å². The molecule has 0 unspecified atom stereocenters. The van der Waals surface area contributed by atoms with Crippen molar-refractivity contribution in [3.63, 3.8) is 0 Å². The first-order chi connectivity index (χ1) is 7.75. The van der Waals surface area contributed by atoms with Crippen LogP contribution in [0.3, 0.4) is 0 Å². The van der Waals surface area contributed by atoms with Crippen molar-refractivity contribution in [3.8, 4) is 0 Å². The number of hydrogen-bond donors (Lipinski definition) is 0. The highest BCUT2D eigenvalue weighted by Gasteiger charge is 2.20. The van der Waals surface area contributed by atoms with Crippen LogP contribution in [0.5, 0.6) is 0 Å². The van der Waals surface area contributed by atoms with Gasteiger partial charge in [-0.15, -0.1) is 11.8 Å². The first kappa shape index (κ1) is 11.6. The lowest BCUT2D eigenvalue weighted by molar-refractivity contribution is -0.118. The van der Waals surface area contributed by atoms with Gasteiger partial charge in [-0.2, -0.15) is 0 Å². The molecule has 2 rings (SSSR count). The molecule has 16 heavy (non-hydrogen) atoms. The summed E-state index contributed by atoms with van der Waals surface area (Å²) in [5, 5.41) is 0. The lowest BCUT2D eigenvalue weighted by Crippen LogP contribution is -2.16. The van der Waals surface area contributed by atoms with E-state index in [1.54, 1.807) is 18.2 Å². The third-order valence-electron chi connectivity index (χ3n) is 2.97. The SMILES string of the molecule is O=C(CSc1ccccc1F)CC1CCC1. The molecule has 1 aromatic carbocycles. The van der Waals surface area contributed by atoms with Gasteiger partial charge < -0.3 is 0 Å². The molecule has 0 atom stereocenters. The van der Waals surface area contributed by atoms with Crippen LogP contribution < -0.4 is 0 Å². The number of halogens is 1. The van der Waals surface area contributed by atoms with Gasteiger partial charge in [-0.1, -0.05) is 31.4 Å². The Morgan fingerprint density at radius 3 is 2.75 bits per heavy atom. The van der Waals surface area contributed by atoms with Gasteiger partial charge in [-0.05, 0) is 18.1 Å². The van der Waals surface area contributed by atoms with Crippen LogP contribution in [-0.4, -0.2) is 11.5 Å². The van der Waals surface area contributed by atoms with E-state index >= 15 is 0 Å². The van der Waals surface area contributed by atoms with E-state index in [0.29, 0.717) is 23.0 Å². The Bertz CT molecular complexity index is 374. The van der Waals surface area contributed by atoms with E-state index < -0.39 is 0 Å². The van der Waals surface area contributed by atoms with Gasteiger partial charge in [0.25, 0.3) is 0 Å². The van der Waals surface area contributed by atoms with Gasteiger partial charge >= 0.3 is 0 Å². The normalized spacial score (nSPS) is 15.8. The van der Waals surface area contributed by atoms with Crippen molar-refractivity contribution in [3.05, 3.63) is 30.1 Å². The van der Waals surface area contributed by atoms with E-state index in [1.807, 2.05) is 0 Å². The zero-order valence-electron chi connectivity index (χ0n) is 9.12. The summed E-state index contributed by atoms with van der Waals surface area (Å²) >= 11 is 1.31. The Morgan fingerprint density at radius 2 is 2.12 bits per heavy atom. The number of rotatable bonds is 5. The summed E-state index contributed by atoms with van der Waals surface area (Å²) in [5.74, 6) is 1.02. The predicted octanol–water partition coefficient (Wildman–Crippen LogP) is 3.68. The van der Waals surface area contributed by atoms with Crippen LogP contribution in [-0.2, 0) is 4.79 Å². The van der Waals surface area contributed by atoms with Crippen LogP contribution in [0, 0.1) is 11.7 Å². The summed E-state index contributed by atoms with van der Waals surface area (Å²) in [5.41, 5.74) is 0. The second-order valence-corrected chi connectivity index (χ2v) is 5.28. The molecule has 0 aliphatic heterocycles. The molecule has 0 amide bonds. The Labute approximate surface area is 99.4 Å². The van der Waals surface area contributed by atoms with E-state index in [1.165, 1.54) is 37.1 Å². The first-order valence-corrected chi connectivity index (χ1v) is 6.63. The molecule has 1 aliphatic rings. The van der Waals surface area contributed by atoms with Gasteiger partial charge in [0.2, 0.25) is 0 Å². The maximum atomic E-state index is 13.2. The van der Waals surface area contributed by atoms with Gasteiger partial charge in [-0.3, -0.25) is 4.79 Å². The molecule has 0 saturated heterocycles. The molecule has 0 heterocycles. The van der Waals surface area contributed by atoms with Crippen molar-refractivity contribution in [2.24, 2.45) is 5.92 Å². The molecule has 1 aliphatic carbocycles. The maximum absolute atomic E-state index is 13.2. The minimum absolute atomic E-state index is 0.232. The molecule has 1 aromatic rings. The van der Waals surface area contributed by atoms with Gasteiger partial charge in [0, 0.05) is 11.3 Å². The molecule has 0 radical (unpaired) electrons. The van der Waals surface area contributed by atoms with E-state index in [4.69, 9.17) is 0 Å². The van der Waals surface area contributed by atoms with E-state index in [-0.39, 0.29) is 11.6 Å². The molecule has 3 heteroatoms. The van der Waals surface area contributed by atoms with Crippen molar-refractivity contribution in [1.82, 2.24) is 0 Å². The summed E-state index contributed by atoms with van der Waals surface area (Å²) in [6, 6.07) is 6.60. The number of benzene rings is 1. The highest BCUT2D eigenvalue weighted by molar-refractivity contribution is 8.00. The third kappa shape index (κ3) is 3.08. The summed E-state index contributed by atoms with van der Waals surface area (Å²) in [4.78, 5) is 12.2. The van der Waals surface area contributed by atoms with Crippen molar-refractivity contribution in [2.75, 3.05) is 5.75 Å². The lowest BCUT2D eigenvalue weighted by Gasteiger charge is -2.24. The van der Waals surface area contributed by atoms with Crippen LogP contribution in [0.1, 0.15) is 25.7 Å². The summed E-state index contributed by atoms with van der Waals surface area (Å²) < 4.78 is 13.2. The van der Waals surface area contributed by atoms with Crippen LogP contribution >= 0.6 is 11.8 Å². The van der Waals surface area contributed by atoms with Crippen molar-refractivity contribution < 1.29 is 9.18 Å². The smallest absolute Gasteiger partial charge is 0.143 e. The van der Waals surface area contributed by atoms with Gasteiger partial charge in [-0.25, -0.2) is 4.39 Å². The molecule has 0 aromatic heterocycles. The quantitative estimate of drug-likeness (QED) is 0.728. The number of thioether (sulfide) groups is 1. The predicted molar refractivity (Wildman–Crippen MR) is 64.1 cm³/mol. The minimum Gasteiger partial charge on any atom is -0.299 e. The van der Waals surface area contributed by atoms with Gasteiger partial charge in [0.05, 0.1) is 5.75 Å². The second-order valence-electron chi connectivity index (χ2n) is 4.26. The standard InChI is InChI=1S/C13H15FOS/c14-12-6-1-2-7-13(12)16-9-11(15)8-10-4-3-5-10/h1-2,6-7,10H,3-5,8-9H2. The summed E-state index contributed by atoms with van der Waals surface area (Å²) in [7, 11) is 0. The molecule has 0 N–H and O–H groups in total. The van der Waals surface area contributed by atoms with Crippen LogP contribution in [0.4, 0.5) is 4.39 Å². The Morgan fingerprint density at radius 1 is 1.38 bits per heavy atom. The largest absolute Gasteiger partial charge is 0.299 e. The third-order valence-corrected chi connectivity index (χ3v) is 4.07. The Balaban J connectivity index is 1.78. The monoisotopic (exact) mass is 238 g/mol. The summed E-state index contributed by atoms with van der Waals surface area (Å²) in [6.45, 7) is 0. The first-order valence-electron chi connectivity index (χ1n) is 5.65. The number of carbonyl (C=O) groups excluding carboxylic acids is 1. The van der Waals surface area contributed by atoms with Gasteiger partial charge in [0.15, 0.2) is 0 Å². The van der Waals surface area contributed by atoms with Crippen LogP contribution in [0.25, 0.3) is 0 Å². The second kappa shape index (κ2) is 5.48. The zero-order valence-corrected chi connectivity index (χ0v) is 9.93. The average Bonchev–Trinajstić information content (AvgIpc) is 2.22. The number of hydrogen-bond acceptors (Lipinski definition) is 2. The number of Topliss-reactive ketones (excluding diaryl/α,β-unsaturated/α-hetero) is 1. The van der Waals surface area contributed by atoms with E-state index in [0.717, 1.165) is 0 Å². The maximum Gasteiger partial charge on any atom is 0.143 e. The van der Waals surface area contributed by atoms with Crippen molar-refractivity contribution in [2.45, 2.75) is 30.6 Å². The number of carbonyl (C=O) groups is 1. The molecule has 1 fully saturated rings. The van der Waals surface area contributed by atoms with Crippen molar-refractivity contribution in [1.29, 1.82) is 0 Å². The minimum atomic E-state index is -0.232. The Hall–Kier alpha value is -0.830. The van der Waals surface area contributed by atoms with Crippen LogP contribution in [0.2, 0.25) is 0 Å². The highest BCUT2D eigenvalue weighted by atomic mass is 32.2. The summed E-state index contributed by atoms with van der Waals surface area (Å²) in [6.07, 6.45) is 4.33. The molecule has 1 saturated carbocycles. The number of ketones is 1. The molecule has 0 bridgehead atoms. The molecular weight excluding hydrogens is 223 g/mol. The van der Waals surface area contributed by atoms with Crippen molar-refractivity contribution >= 4 is 17.5 Å². The fraction of sp³-hybridized carbons (Fsp3) is 0.462. The fourth-order valence-electron chi connectivity index (χ4n) is 1.80. The molecule has 0 spiro atoms. The fourth-order valence-corrected chi connectivity index (χ4v) is 2.61. The molecule has 1 nitrogen and oxygen atoms in total. The molecule has 86 valence electrons. The lowest BCUT2D eigenvalue weighted by atomic mass is 9.82. The Kier molecular flexibility index (Phi) is 3.99. The molecular formula is C13H15FOS.